The van der Waals surface area contributed by atoms with Crippen molar-refractivity contribution in [2.24, 2.45) is 0 Å². The van der Waals surface area contributed by atoms with E-state index in [9.17, 15) is 18.3 Å². The second kappa shape index (κ2) is 5.11. The number of methoxy groups -OCH3 is 1. The highest BCUT2D eigenvalue weighted by atomic mass is 32.2. The summed E-state index contributed by atoms with van der Waals surface area (Å²) in [6.45, 7) is -0.0354. The molecule has 0 saturated heterocycles. The van der Waals surface area contributed by atoms with Gasteiger partial charge in [0.25, 0.3) is 0 Å². The Hall–Kier alpha value is -0.660. The molecule has 7 heteroatoms. The summed E-state index contributed by atoms with van der Waals surface area (Å²) in [5.41, 5.74) is -0.955. The molecule has 0 spiro atoms. The van der Waals surface area contributed by atoms with Gasteiger partial charge in [-0.15, -0.1) is 0 Å². The van der Waals surface area contributed by atoms with Gasteiger partial charge in [0.15, 0.2) is 5.75 Å². The molecule has 0 amide bonds. The number of hydrogen-bond donors (Lipinski definition) is 2. The minimum Gasteiger partial charge on any atom is -0.468 e. The summed E-state index contributed by atoms with van der Waals surface area (Å²) in [6, 6.07) is 0. The van der Waals surface area contributed by atoms with Crippen LogP contribution in [0.2, 0.25) is 0 Å². The van der Waals surface area contributed by atoms with Crippen molar-refractivity contribution in [3.05, 3.63) is 0 Å². The van der Waals surface area contributed by atoms with Crippen LogP contribution in [0.3, 0.4) is 0 Å². The third kappa shape index (κ3) is 4.07. The zero-order valence-corrected chi connectivity index (χ0v) is 10.0. The maximum atomic E-state index is 11.4. The monoisotopic (exact) mass is 251 g/mol. The van der Waals surface area contributed by atoms with E-state index >= 15 is 0 Å². The van der Waals surface area contributed by atoms with Crippen LogP contribution in [0.4, 0.5) is 0 Å². The van der Waals surface area contributed by atoms with E-state index in [1.54, 1.807) is 0 Å². The van der Waals surface area contributed by atoms with Crippen LogP contribution in [0.25, 0.3) is 0 Å². The number of aliphatic hydroxyl groups is 1. The van der Waals surface area contributed by atoms with Crippen LogP contribution in [0, 0.1) is 0 Å². The molecule has 16 heavy (non-hydrogen) atoms. The number of esters is 1. The standard InChI is InChI=1S/C9H17NO5S/c1-15-8(11)6-16(13,14)10-7-9(12)4-2-3-5-9/h10,12H,2-7H2,1H3. The van der Waals surface area contributed by atoms with Crippen LogP contribution in [0.1, 0.15) is 25.7 Å². The van der Waals surface area contributed by atoms with Crippen LogP contribution in [0.5, 0.6) is 0 Å². The Kier molecular flexibility index (Phi) is 4.28. The van der Waals surface area contributed by atoms with E-state index in [4.69, 9.17) is 0 Å². The molecular weight excluding hydrogens is 234 g/mol. The fraction of sp³-hybridized carbons (Fsp3) is 0.889. The molecule has 6 nitrogen and oxygen atoms in total. The van der Waals surface area contributed by atoms with Crippen LogP contribution in [-0.2, 0) is 19.6 Å². The number of nitrogens with one attached hydrogen (secondary N) is 1. The first-order valence-corrected chi connectivity index (χ1v) is 6.79. The first kappa shape index (κ1) is 13.4. The summed E-state index contributed by atoms with van der Waals surface area (Å²) in [6.07, 6.45) is 2.98. The molecule has 94 valence electrons. The third-order valence-corrected chi connectivity index (χ3v) is 3.89. The van der Waals surface area contributed by atoms with Gasteiger partial charge in [-0.05, 0) is 12.8 Å². The molecule has 0 atom stereocenters. The average Bonchev–Trinajstić information content (AvgIpc) is 2.63. The highest BCUT2D eigenvalue weighted by Crippen LogP contribution is 2.28. The Morgan fingerprint density at radius 2 is 2.00 bits per heavy atom. The van der Waals surface area contributed by atoms with E-state index in [0.717, 1.165) is 20.0 Å². The molecule has 1 aliphatic rings. The molecule has 1 aliphatic carbocycles. The van der Waals surface area contributed by atoms with E-state index in [1.807, 2.05) is 0 Å². The zero-order valence-electron chi connectivity index (χ0n) is 9.23. The lowest BCUT2D eigenvalue weighted by molar-refractivity contribution is -0.137. The Labute approximate surface area is 95.0 Å². The molecule has 1 rings (SSSR count). The lowest BCUT2D eigenvalue weighted by Gasteiger charge is -2.21. The molecule has 1 fully saturated rings. The number of hydrogen-bond acceptors (Lipinski definition) is 5. The zero-order chi connectivity index (χ0) is 12.2. The summed E-state index contributed by atoms with van der Waals surface area (Å²) in [4.78, 5) is 10.8. The highest BCUT2D eigenvalue weighted by molar-refractivity contribution is 7.90. The van der Waals surface area contributed by atoms with Crippen molar-refractivity contribution >= 4 is 16.0 Å². The normalized spacial score (nSPS) is 19.6. The van der Waals surface area contributed by atoms with Gasteiger partial charge in [-0.2, -0.15) is 0 Å². The van der Waals surface area contributed by atoms with Gasteiger partial charge in [-0.3, -0.25) is 4.79 Å². The minimum absolute atomic E-state index is 0.0354. The van der Waals surface area contributed by atoms with Crippen LogP contribution in [0.15, 0.2) is 0 Å². The van der Waals surface area contributed by atoms with Crippen LogP contribution < -0.4 is 4.72 Å². The molecule has 0 aromatic carbocycles. The Bertz CT molecular complexity index is 345. The van der Waals surface area contributed by atoms with Gasteiger partial charge in [0.2, 0.25) is 10.0 Å². The second-order valence-corrected chi connectivity index (χ2v) is 5.89. The quantitative estimate of drug-likeness (QED) is 0.635. The van der Waals surface area contributed by atoms with Gasteiger partial charge in [0.05, 0.1) is 12.7 Å². The van der Waals surface area contributed by atoms with Crippen molar-refractivity contribution in [3.63, 3.8) is 0 Å². The molecule has 0 aromatic rings. The van der Waals surface area contributed by atoms with Crippen molar-refractivity contribution in [2.45, 2.75) is 31.3 Å². The predicted octanol–water partition coefficient (Wildman–Crippen LogP) is -0.616. The summed E-state index contributed by atoms with van der Waals surface area (Å²) < 4.78 is 29.2. The Morgan fingerprint density at radius 1 is 1.44 bits per heavy atom. The maximum Gasteiger partial charge on any atom is 0.322 e. The first-order valence-electron chi connectivity index (χ1n) is 5.13. The smallest absolute Gasteiger partial charge is 0.322 e. The largest absolute Gasteiger partial charge is 0.468 e. The molecule has 0 aliphatic heterocycles. The van der Waals surface area contributed by atoms with Crippen molar-refractivity contribution in [1.29, 1.82) is 0 Å². The van der Waals surface area contributed by atoms with Gasteiger partial charge in [-0.25, -0.2) is 13.1 Å². The topological polar surface area (TPSA) is 92.7 Å². The average molecular weight is 251 g/mol. The fourth-order valence-electron chi connectivity index (χ4n) is 1.72. The molecule has 2 N–H and O–H groups in total. The van der Waals surface area contributed by atoms with Crippen LogP contribution in [-0.4, -0.2) is 44.5 Å². The molecule has 0 heterocycles. The van der Waals surface area contributed by atoms with Crippen LogP contribution >= 0.6 is 0 Å². The lowest BCUT2D eigenvalue weighted by Crippen LogP contribution is -2.42. The molecule has 0 bridgehead atoms. The first-order chi connectivity index (χ1) is 7.37. The van der Waals surface area contributed by atoms with E-state index in [-0.39, 0.29) is 6.54 Å². The van der Waals surface area contributed by atoms with Crippen molar-refractivity contribution in [3.8, 4) is 0 Å². The van der Waals surface area contributed by atoms with Gasteiger partial charge in [0.1, 0.15) is 0 Å². The second-order valence-electron chi connectivity index (χ2n) is 4.09. The molecule has 0 aromatic heterocycles. The lowest BCUT2D eigenvalue weighted by atomic mass is 10.0. The maximum absolute atomic E-state index is 11.4. The summed E-state index contributed by atoms with van der Waals surface area (Å²) in [7, 11) is -2.58. The highest BCUT2D eigenvalue weighted by Gasteiger charge is 2.32. The van der Waals surface area contributed by atoms with Gasteiger partial charge >= 0.3 is 5.97 Å². The number of ether oxygens (including phenoxy) is 1. The van der Waals surface area contributed by atoms with E-state index < -0.39 is 27.3 Å². The summed E-state index contributed by atoms with van der Waals surface area (Å²) in [5, 5.41) is 9.90. The van der Waals surface area contributed by atoms with Crippen molar-refractivity contribution < 1.29 is 23.1 Å². The number of rotatable bonds is 5. The molecule has 1 saturated carbocycles. The van der Waals surface area contributed by atoms with E-state index in [2.05, 4.69) is 9.46 Å². The number of carbonyl (C=O) groups is 1. The van der Waals surface area contributed by atoms with Gasteiger partial charge in [-0.1, -0.05) is 12.8 Å². The minimum atomic E-state index is -3.70. The molecular formula is C9H17NO5S. The molecule has 0 radical (unpaired) electrons. The summed E-state index contributed by atoms with van der Waals surface area (Å²) >= 11 is 0. The van der Waals surface area contributed by atoms with Crippen molar-refractivity contribution in [2.75, 3.05) is 19.4 Å². The third-order valence-electron chi connectivity index (χ3n) is 2.69. The summed E-state index contributed by atoms with van der Waals surface area (Å²) in [5.74, 6) is -1.52. The SMILES string of the molecule is COC(=O)CS(=O)(=O)NCC1(O)CCCC1. The fourth-order valence-corrected chi connectivity index (χ4v) is 2.74. The van der Waals surface area contributed by atoms with E-state index in [0.29, 0.717) is 12.8 Å². The Morgan fingerprint density at radius 3 is 2.50 bits per heavy atom. The van der Waals surface area contributed by atoms with Crippen molar-refractivity contribution in [1.82, 2.24) is 4.72 Å². The number of sulfonamides is 1. The van der Waals surface area contributed by atoms with Gasteiger partial charge < -0.3 is 9.84 Å². The predicted molar refractivity (Wildman–Crippen MR) is 57.2 cm³/mol. The van der Waals surface area contributed by atoms with E-state index in [1.165, 1.54) is 0 Å². The Balaban J connectivity index is 2.44. The molecule has 0 unspecified atom stereocenters. The number of carbonyl (C=O) groups excluding carboxylic acids is 1. The van der Waals surface area contributed by atoms with Gasteiger partial charge in [0, 0.05) is 6.54 Å².